The molecule has 35 heavy (non-hydrogen) atoms. The maximum Gasteiger partial charge on any atom is 0.272 e. The minimum absolute atomic E-state index is 0.00399. The summed E-state index contributed by atoms with van der Waals surface area (Å²) >= 11 is 0. The zero-order chi connectivity index (χ0) is 24.2. The van der Waals surface area contributed by atoms with Crippen molar-refractivity contribution in [2.75, 3.05) is 32.7 Å². The Balaban J connectivity index is 1.33. The molecule has 0 atom stereocenters. The molecule has 178 valence electrons. The number of furan rings is 1. The molecule has 1 aliphatic heterocycles. The molecule has 0 saturated carbocycles. The maximum absolute atomic E-state index is 13.7. The van der Waals surface area contributed by atoms with Gasteiger partial charge in [0.05, 0.1) is 12.0 Å². The van der Waals surface area contributed by atoms with Crippen LogP contribution in [-0.2, 0) is 0 Å². The van der Waals surface area contributed by atoms with Crippen LogP contribution < -0.4 is 0 Å². The molecule has 6 nitrogen and oxygen atoms in total. The van der Waals surface area contributed by atoms with Crippen molar-refractivity contribution in [3.8, 4) is 17.1 Å². The number of benzene rings is 2. The number of carbonyl (C=O) groups excluding carboxylic acids is 1. The number of nitrogens with zero attached hydrogens (tertiary/aromatic N) is 4. The van der Waals surface area contributed by atoms with Gasteiger partial charge in [0.2, 0.25) is 0 Å². The molecule has 0 radical (unpaired) electrons. The van der Waals surface area contributed by atoms with E-state index in [-0.39, 0.29) is 5.91 Å². The number of hydrogen-bond donors (Lipinski definition) is 0. The first-order valence-electron chi connectivity index (χ1n) is 12.0. The Hall–Kier alpha value is -3.90. The standard InChI is InChI=1S/C29H30N4O2/c1-22-12-13-23(2)26(20-22)33-27(21-25(30-33)28-11-7-19-35-28)29(34)32-17-15-31(16-18-32)14-6-10-24-8-4-3-5-9-24/h3-13,19-21H,14-18H2,1-2H3/b10-6+. The van der Waals surface area contributed by atoms with Crippen molar-refractivity contribution in [3.05, 3.63) is 101 Å². The molecule has 0 bridgehead atoms. The van der Waals surface area contributed by atoms with Gasteiger partial charge in [-0.15, -0.1) is 0 Å². The predicted octanol–water partition coefficient (Wildman–Crippen LogP) is 5.22. The van der Waals surface area contributed by atoms with E-state index in [4.69, 9.17) is 9.52 Å². The fourth-order valence-electron chi connectivity index (χ4n) is 4.41. The highest BCUT2D eigenvalue weighted by atomic mass is 16.3. The average Bonchev–Trinajstić information content (AvgIpc) is 3.57. The van der Waals surface area contributed by atoms with Crippen molar-refractivity contribution in [1.82, 2.24) is 19.6 Å². The van der Waals surface area contributed by atoms with Crippen LogP contribution in [0.15, 0.2) is 83.5 Å². The molecule has 6 heteroatoms. The van der Waals surface area contributed by atoms with Crippen molar-refractivity contribution < 1.29 is 9.21 Å². The van der Waals surface area contributed by atoms with E-state index in [0.29, 0.717) is 30.2 Å². The van der Waals surface area contributed by atoms with E-state index < -0.39 is 0 Å². The Labute approximate surface area is 206 Å². The summed E-state index contributed by atoms with van der Waals surface area (Å²) in [5.74, 6) is 0.647. The second-order valence-electron chi connectivity index (χ2n) is 9.00. The van der Waals surface area contributed by atoms with E-state index in [2.05, 4.69) is 47.4 Å². The molecule has 0 aliphatic carbocycles. The Kier molecular flexibility index (Phi) is 6.64. The van der Waals surface area contributed by atoms with Crippen LogP contribution in [0.4, 0.5) is 0 Å². The Morgan fingerprint density at radius 3 is 2.51 bits per heavy atom. The van der Waals surface area contributed by atoms with Gasteiger partial charge in [0.15, 0.2) is 5.76 Å². The van der Waals surface area contributed by atoms with E-state index in [1.165, 1.54) is 5.56 Å². The van der Waals surface area contributed by atoms with Crippen LogP contribution in [0.1, 0.15) is 27.2 Å². The number of aromatic nitrogens is 2. The molecule has 3 heterocycles. The highest BCUT2D eigenvalue weighted by Gasteiger charge is 2.27. The van der Waals surface area contributed by atoms with Crippen LogP contribution in [0.2, 0.25) is 0 Å². The van der Waals surface area contributed by atoms with E-state index >= 15 is 0 Å². The largest absolute Gasteiger partial charge is 0.463 e. The van der Waals surface area contributed by atoms with Crippen molar-refractivity contribution >= 4 is 12.0 Å². The predicted molar refractivity (Wildman–Crippen MR) is 139 cm³/mol. The maximum atomic E-state index is 13.7. The molecule has 0 spiro atoms. The summed E-state index contributed by atoms with van der Waals surface area (Å²) in [5.41, 5.74) is 5.51. The Morgan fingerprint density at radius 1 is 0.971 bits per heavy atom. The third kappa shape index (κ3) is 5.12. The van der Waals surface area contributed by atoms with Crippen molar-refractivity contribution in [2.45, 2.75) is 13.8 Å². The lowest BCUT2D eigenvalue weighted by Gasteiger charge is -2.34. The number of carbonyl (C=O) groups is 1. The van der Waals surface area contributed by atoms with Gasteiger partial charge in [-0.05, 0) is 48.7 Å². The van der Waals surface area contributed by atoms with E-state index in [1.807, 2.05) is 55.1 Å². The van der Waals surface area contributed by atoms with Crippen molar-refractivity contribution in [3.63, 3.8) is 0 Å². The minimum Gasteiger partial charge on any atom is -0.463 e. The van der Waals surface area contributed by atoms with Gasteiger partial charge in [-0.3, -0.25) is 9.69 Å². The lowest BCUT2D eigenvalue weighted by atomic mass is 10.1. The highest BCUT2D eigenvalue weighted by molar-refractivity contribution is 5.94. The molecule has 1 amide bonds. The summed E-state index contributed by atoms with van der Waals surface area (Å²) in [7, 11) is 0. The zero-order valence-corrected chi connectivity index (χ0v) is 20.2. The summed E-state index contributed by atoms with van der Waals surface area (Å²) in [6.07, 6.45) is 5.97. The fraction of sp³-hybridized carbons (Fsp3) is 0.241. The molecule has 1 aliphatic rings. The van der Waals surface area contributed by atoms with Crippen LogP contribution in [0.25, 0.3) is 23.2 Å². The van der Waals surface area contributed by atoms with Gasteiger partial charge < -0.3 is 9.32 Å². The van der Waals surface area contributed by atoms with Crippen LogP contribution in [-0.4, -0.2) is 58.2 Å². The molecule has 4 aromatic rings. The second kappa shape index (κ2) is 10.2. The SMILES string of the molecule is Cc1ccc(C)c(-n2nc(-c3ccco3)cc2C(=O)N2CCN(C/C=C/c3ccccc3)CC2)c1. The number of aryl methyl sites for hydroxylation is 2. The third-order valence-electron chi connectivity index (χ3n) is 6.43. The second-order valence-corrected chi connectivity index (χ2v) is 9.00. The average molecular weight is 467 g/mol. The summed E-state index contributed by atoms with van der Waals surface area (Å²) in [5, 5.41) is 4.78. The summed E-state index contributed by atoms with van der Waals surface area (Å²) in [6.45, 7) is 8.02. The molecule has 1 fully saturated rings. The van der Waals surface area contributed by atoms with Crippen molar-refractivity contribution in [1.29, 1.82) is 0 Å². The summed E-state index contributed by atoms with van der Waals surface area (Å²) in [6, 6.07) is 22.1. The van der Waals surface area contributed by atoms with Crippen LogP contribution >= 0.6 is 0 Å². The summed E-state index contributed by atoms with van der Waals surface area (Å²) in [4.78, 5) is 18.0. The Bertz CT molecular complexity index is 1310. The van der Waals surface area contributed by atoms with E-state index in [0.717, 1.165) is 36.4 Å². The molecule has 1 saturated heterocycles. The minimum atomic E-state index is -0.00399. The normalized spacial score (nSPS) is 14.6. The Morgan fingerprint density at radius 2 is 1.77 bits per heavy atom. The highest BCUT2D eigenvalue weighted by Crippen LogP contribution is 2.25. The molecule has 0 unspecified atom stereocenters. The third-order valence-corrected chi connectivity index (χ3v) is 6.43. The first-order chi connectivity index (χ1) is 17.1. The number of rotatable bonds is 6. The number of hydrogen-bond acceptors (Lipinski definition) is 4. The van der Waals surface area contributed by atoms with Gasteiger partial charge in [0.25, 0.3) is 5.91 Å². The van der Waals surface area contributed by atoms with Crippen molar-refractivity contribution in [2.24, 2.45) is 0 Å². The molecule has 5 rings (SSSR count). The van der Waals surface area contributed by atoms with Gasteiger partial charge in [0.1, 0.15) is 11.4 Å². The molecular formula is C29H30N4O2. The fourth-order valence-corrected chi connectivity index (χ4v) is 4.41. The molecule has 2 aromatic carbocycles. The number of piperazine rings is 1. The van der Waals surface area contributed by atoms with Gasteiger partial charge in [-0.25, -0.2) is 4.68 Å². The molecule has 2 aromatic heterocycles. The molecule has 0 N–H and O–H groups in total. The van der Waals surface area contributed by atoms with Crippen LogP contribution in [0.5, 0.6) is 0 Å². The van der Waals surface area contributed by atoms with Gasteiger partial charge in [-0.2, -0.15) is 5.10 Å². The first-order valence-corrected chi connectivity index (χ1v) is 12.0. The zero-order valence-electron chi connectivity index (χ0n) is 20.2. The lowest BCUT2D eigenvalue weighted by molar-refractivity contribution is 0.0641. The topological polar surface area (TPSA) is 54.5 Å². The van der Waals surface area contributed by atoms with Gasteiger partial charge in [-0.1, -0.05) is 54.6 Å². The van der Waals surface area contributed by atoms with E-state index in [9.17, 15) is 4.79 Å². The van der Waals surface area contributed by atoms with Crippen LogP contribution in [0.3, 0.4) is 0 Å². The smallest absolute Gasteiger partial charge is 0.272 e. The first kappa shape index (κ1) is 22.9. The quantitative estimate of drug-likeness (QED) is 0.391. The van der Waals surface area contributed by atoms with E-state index in [1.54, 1.807) is 10.9 Å². The van der Waals surface area contributed by atoms with Gasteiger partial charge >= 0.3 is 0 Å². The van der Waals surface area contributed by atoms with Crippen LogP contribution in [0, 0.1) is 13.8 Å². The molecular weight excluding hydrogens is 436 g/mol. The monoisotopic (exact) mass is 466 g/mol. The van der Waals surface area contributed by atoms with Gasteiger partial charge in [0, 0.05) is 38.8 Å². The summed E-state index contributed by atoms with van der Waals surface area (Å²) < 4.78 is 7.35. The lowest BCUT2D eigenvalue weighted by Crippen LogP contribution is -2.49. The number of amides is 1.